The van der Waals surface area contributed by atoms with Crippen molar-refractivity contribution in [3.05, 3.63) is 34.7 Å². The quantitative estimate of drug-likeness (QED) is 0.739. The molecule has 0 atom stereocenters. The highest BCUT2D eigenvalue weighted by Gasteiger charge is 2.46. The Hall–Kier alpha value is -1.26. The monoisotopic (exact) mass is 292 g/mol. The van der Waals surface area contributed by atoms with Crippen LogP contribution in [-0.4, -0.2) is 5.11 Å². The maximum Gasteiger partial charge on any atom is 0.149 e. The summed E-state index contributed by atoms with van der Waals surface area (Å²) >= 11 is 3.53. The molecule has 17 heavy (non-hydrogen) atoms. The van der Waals surface area contributed by atoms with Gasteiger partial charge in [0, 0.05) is 16.3 Å². The van der Waals surface area contributed by atoms with Gasteiger partial charge in [0.15, 0.2) is 0 Å². The number of rotatable bonds is 1. The van der Waals surface area contributed by atoms with Gasteiger partial charge in [0.1, 0.15) is 11.2 Å². The smallest absolute Gasteiger partial charge is 0.149 e. The zero-order valence-corrected chi connectivity index (χ0v) is 10.5. The van der Waals surface area contributed by atoms with E-state index in [1.807, 2.05) is 12.1 Å². The van der Waals surface area contributed by atoms with E-state index in [1.54, 1.807) is 12.5 Å². The van der Waals surface area contributed by atoms with Gasteiger partial charge in [0.25, 0.3) is 0 Å². The lowest BCUT2D eigenvalue weighted by Gasteiger charge is -2.11. The van der Waals surface area contributed by atoms with Crippen molar-refractivity contribution in [2.45, 2.75) is 18.4 Å². The minimum absolute atomic E-state index is 0.737. The van der Waals surface area contributed by atoms with Gasteiger partial charge < -0.3 is 13.9 Å². The predicted octanol–water partition coefficient (Wildman–Crippen LogP) is 3.92. The molecule has 0 aliphatic heterocycles. The highest BCUT2D eigenvalue weighted by Crippen LogP contribution is 2.52. The molecule has 86 valence electrons. The third-order valence-corrected chi connectivity index (χ3v) is 4.24. The first kappa shape index (κ1) is 9.74. The SMILES string of the molecule is OC1(c2c3ccoc3c(Br)c3ccoc23)CC1. The standard InChI is InChI=1S/C13H9BrO3/c14-10-8-2-6-16-11(8)9(13(15)3-4-13)7-1-5-17-12(7)10/h1-2,5-6,15H,3-4H2. The highest BCUT2D eigenvalue weighted by molar-refractivity contribution is 9.10. The Kier molecular flexibility index (Phi) is 1.69. The van der Waals surface area contributed by atoms with E-state index < -0.39 is 5.60 Å². The zero-order valence-electron chi connectivity index (χ0n) is 8.87. The molecular formula is C13H9BrO3. The van der Waals surface area contributed by atoms with Gasteiger partial charge in [-0.2, -0.15) is 0 Å². The van der Waals surface area contributed by atoms with Crippen molar-refractivity contribution in [1.82, 2.24) is 0 Å². The second-order valence-corrected chi connectivity index (χ2v) is 5.34. The molecule has 1 aliphatic rings. The van der Waals surface area contributed by atoms with Crippen LogP contribution in [0.3, 0.4) is 0 Å². The van der Waals surface area contributed by atoms with Gasteiger partial charge in [-0.05, 0) is 40.9 Å². The predicted molar refractivity (Wildman–Crippen MR) is 66.8 cm³/mol. The van der Waals surface area contributed by atoms with E-state index in [0.717, 1.165) is 44.8 Å². The van der Waals surface area contributed by atoms with Gasteiger partial charge in [0.05, 0.1) is 22.6 Å². The Morgan fingerprint density at radius 1 is 1.06 bits per heavy atom. The van der Waals surface area contributed by atoms with Gasteiger partial charge in [0.2, 0.25) is 0 Å². The Labute approximate surface area is 105 Å². The molecule has 1 saturated carbocycles. The average molecular weight is 293 g/mol. The topological polar surface area (TPSA) is 46.5 Å². The molecule has 0 spiro atoms. The fourth-order valence-corrected chi connectivity index (χ4v) is 3.05. The number of hydrogen-bond donors (Lipinski definition) is 1. The molecule has 4 rings (SSSR count). The Morgan fingerprint density at radius 3 is 2.41 bits per heavy atom. The summed E-state index contributed by atoms with van der Waals surface area (Å²) in [5.74, 6) is 0. The van der Waals surface area contributed by atoms with Crippen molar-refractivity contribution >= 4 is 37.9 Å². The maximum absolute atomic E-state index is 10.4. The van der Waals surface area contributed by atoms with E-state index in [2.05, 4.69) is 15.9 Å². The van der Waals surface area contributed by atoms with Crippen molar-refractivity contribution in [3.8, 4) is 0 Å². The van der Waals surface area contributed by atoms with Crippen LogP contribution in [0.15, 0.2) is 38.0 Å². The van der Waals surface area contributed by atoms with Crippen molar-refractivity contribution in [2.24, 2.45) is 0 Å². The summed E-state index contributed by atoms with van der Waals surface area (Å²) in [5.41, 5.74) is 1.66. The third kappa shape index (κ3) is 1.14. The van der Waals surface area contributed by atoms with Gasteiger partial charge in [-0.1, -0.05) is 0 Å². The summed E-state index contributed by atoms with van der Waals surface area (Å²) in [4.78, 5) is 0. The molecule has 1 aliphatic carbocycles. The van der Waals surface area contributed by atoms with Gasteiger partial charge in [-0.3, -0.25) is 0 Å². The first-order chi connectivity index (χ1) is 8.21. The molecule has 1 fully saturated rings. The molecule has 4 heteroatoms. The second kappa shape index (κ2) is 2.94. The van der Waals surface area contributed by atoms with E-state index in [9.17, 15) is 5.11 Å². The molecule has 0 bridgehead atoms. The number of fused-ring (bicyclic) bond motifs is 2. The van der Waals surface area contributed by atoms with Crippen molar-refractivity contribution in [1.29, 1.82) is 0 Å². The minimum Gasteiger partial charge on any atom is -0.464 e. The summed E-state index contributed by atoms with van der Waals surface area (Å²) in [5, 5.41) is 12.3. The molecule has 0 saturated heterocycles. The normalized spacial score (nSPS) is 18.0. The molecule has 3 nitrogen and oxygen atoms in total. The minimum atomic E-state index is -0.737. The molecule has 1 N–H and O–H groups in total. The molecule has 2 aromatic heterocycles. The molecular weight excluding hydrogens is 284 g/mol. The number of furan rings is 2. The van der Waals surface area contributed by atoms with Gasteiger partial charge in [-0.15, -0.1) is 0 Å². The summed E-state index contributed by atoms with van der Waals surface area (Å²) in [6.45, 7) is 0. The Bertz CT molecular complexity index is 682. The maximum atomic E-state index is 10.4. The van der Waals surface area contributed by atoms with Gasteiger partial charge >= 0.3 is 0 Å². The van der Waals surface area contributed by atoms with E-state index >= 15 is 0 Å². The van der Waals surface area contributed by atoms with Crippen LogP contribution in [0.25, 0.3) is 21.9 Å². The molecule has 0 unspecified atom stereocenters. The van der Waals surface area contributed by atoms with E-state index in [4.69, 9.17) is 8.83 Å². The highest BCUT2D eigenvalue weighted by atomic mass is 79.9. The van der Waals surface area contributed by atoms with Crippen LogP contribution >= 0.6 is 15.9 Å². The first-order valence-electron chi connectivity index (χ1n) is 5.49. The van der Waals surface area contributed by atoms with E-state index in [-0.39, 0.29) is 0 Å². The van der Waals surface area contributed by atoms with Crippen LogP contribution in [-0.2, 0) is 5.60 Å². The van der Waals surface area contributed by atoms with Crippen LogP contribution < -0.4 is 0 Å². The lowest BCUT2D eigenvalue weighted by molar-refractivity contribution is 0.153. The van der Waals surface area contributed by atoms with Crippen LogP contribution in [0.1, 0.15) is 18.4 Å². The van der Waals surface area contributed by atoms with Crippen molar-refractivity contribution in [2.75, 3.05) is 0 Å². The van der Waals surface area contributed by atoms with Crippen molar-refractivity contribution < 1.29 is 13.9 Å². The number of benzene rings is 1. The first-order valence-corrected chi connectivity index (χ1v) is 6.29. The fraction of sp³-hybridized carbons (Fsp3) is 0.231. The number of halogens is 1. The number of aliphatic hydroxyl groups is 1. The molecule has 0 amide bonds. The summed E-state index contributed by atoms with van der Waals surface area (Å²) in [6.07, 6.45) is 4.85. The average Bonchev–Trinajstić information content (AvgIpc) is 2.79. The van der Waals surface area contributed by atoms with Crippen LogP contribution in [0.2, 0.25) is 0 Å². The molecule has 2 heterocycles. The fourth-order valence-electron chi connectivity index (χ4n) is 2.43. The molecule has 1 aromatic carbocycles. The Morgan fingerprint density at radius 2 is 1.71 bits per heavy atom. The summed E-state index contributed by atoms with van der Waals surface area (Å²) in [6, 6.07) is 3.77. The van der Waals surface area contributed by atoms with E-state index in [0.29, 0.717) is 0 Å². The van der Waals surface area contributed by atoms with Crippen LogP contribution in [0.4, 0.5) is 0 Å². The lowest BCUT2D eigenvalue weighted by atomic mass is 10.0. The Balaban J connectivity index is 2.29. The van der Waals surface area contributed by atoms with Crippen molar-refractivity contribution in [3.63, 3.8) is 0 Å². The lowest BCUT2D eigenvalue weighted by Crippen LogP contribution is -2.05. The summed E-state index contributed by atoms with van der Waals surface area (Å²) in [7, 11) is 0. The van der Waals surface area contributed by atoms with E-state index in [1.165, 1.54) is 0 Å². The largest absolute Gasteiger partial charge is 0.464 e. The zero-order chi connectivity index (χ0) is 11.6. The second-order valence-electron chi connectivity index (χ2n) is 4.55. The number of hydrogen-bond acceptors (Lipinski definition) is 3. The molecule has 0 radical (unpaired) electrons. The molecule has 3 aromatic rings. The van der Waals surface area contributed by atoms with Crippen LogP contribution in [0.5, 0.6) is 0 Å². The van der Waals surface area contributed by atoms with Gasteiger partial charge in [-0.25, -0.2) is 0 Å². The third-order valence-electron chi connectivity index (χ3n) is 3.45. The summed E-state index contributed by atoms with van der Waals surface area (Å²) < 4.78 is 11.9. The van der Waals surface area contributed by atoms with Crippen LogP contribution in [0, 0.1) is 0 Å².